The fourth-order valence-electron chi connectivity index (χ4n) is 0.918. The van der Waals surface area contributed by atoms with Crippen LogP contribution in [0, 0.1) is 0 Å². The first kappa shape index (κ1) is 12.6. The molecule has 0 radical (unpaired) electrons. The smallest absolute Gasteiger partial charge is 0.407 e. The maximum Gasteiger partial charge on any atom is 0.407 e. The van der Waals surface area contributed by atoms with Crippen LogP contribution < -0.4 is 5.32 Å². The fraction of sp³-hybridized carbons (Fsp3) is 0.900. The molecule has 0 spiro atoms. The number of nitrogens with one attached hydrogen (secondary N) is 1. The Kier molecular flexibility index (Phi) is 4.73. The normalized spacial score (nSPS) is 19.8. The number of thioether (sulfide) groups is 1. The number of hydrogen-bond acceptors (Lipinski definition) is 4. The van der Waals surface area contributed by atoms with E-state index in [-0.39, 0.29) is 6.09 Å². The Balaban J connectivity index is 1.91. The van der Waals surface area contributed by atoms with Crippen LogP contribution in [-0.2, 0) is 9.47 Å². The van der Waals surface area contributed by atoms with Crippen molar-refractivity contribution in [2.45, 2.75) is 32.5 Å². The highest BCUT2D eigenvalue weighted by molar-refractivity contribution is 7.99. The molecule has 1 aliphatic rings. The highest BCUT2D eigenvalue weighted by Crippen LogP contribution is 2.15. The van der Waals surface area contributed by atoms with Gasteiger partial charge in [0.05, 0.1) is 12.7 Å². The summed E-state index contributed by atoms with van der Waals surface area (Å²) in [6.07, 6.45) is 0.113. The predicted octanol–water partition coefficient (Wildman–Crippen LogP) is 1.64. The summed E-state index contributed by atoms with van der Waals surface area (Å²) in [5, 5.41) is 2.71. The molecular formula is C10H19NO3S. The third kappa shape index (κ3) is 7.50. The number of epoxide rings is 1. The molecule has 0 bridgehead atoms. The molecule has 1 unspecified atom stereocenters. The standard InChI is InChI=1S/C10H19NO3S/c1-10(2,3)14-9(12)11-4-5-15-7-8-6-13-8/h8H,4-7H2,1-3H3,(H,11,12). The molecule has 1 saturated heterocycles. The van der Waals surface area contributed by atoms with Gasteiger partial charge in [0.25, 0.3) is 0 Å². The van der Waals surface area contributed by atoms with E-state index in [1.54, 1.807) is 11.8 Å². The first-order chi connectivity index (χ1) is 6.97. The van der Waals surface area contributed by atoms with E-state index in [2.05, 4.69) is 5.32 Å². The van der Waals surface area contributed by atoms with Gasteiger partial charge in [-0.25, -0.2) is 4.79 Å². The average Bonchev–Trinajstić information content (AvgIpc) is 2.83. The van der Waals surface area contributed by atoms with Gasteiger partial charge < -0.3 is 14.8 Å². The molecule has 1 heterocycles. The Labute approximate surface area is 95.1 Å². The van der Waals surface area contributed by atoms with Gasteiger partial charge in [0.15, 0.2) is 0 Å². The summed E-state index contributed by atoms with van der Waals surface area (Å²) in [6.45, 7) is 7.10. The van der Waals surface area contributed by atoms with Crippen molar-refractivity contribution >= 4 is 17.9 Å². The third-order valence-corrected chi connectivity index (χ3v) is 2.72. The number of hydrogen-bond donors (Lipinski definition) is 1. The summed E-state index contributed by atoms with van der Waals surface area (Å²) in [7, 11) is 0. The van der Waals surface area contributed by atoms with E-state index in [1.165, 1.54) is 0 Å². The molecule has 0 aromatic heterocycles. The molecule has 0 aromatic carbocycles. The Bertz CT molecular complexity index is 211. The molecule has 15 heavy (non-hydrogen) atoms. The summed E-state index contributed by atoms with van der Waals surface area (Å²) >= 11 is 1.79. The van der Waals surface area contributed by atoms with E-state index >= 15 is 0 Å². The van der Waals surface area contributed by atoms with E-state index in [9.17, 15) is 4.79 Å². The summed E-state index contributed by atoms with van der Waals surface area (Å²) < 4.78 is 10.2. The number of rotatable bonds is 5. The highest BCUT2D eigenvalue weighted by atomic mass is 32.2. The zero-order valence-electron chi connectivity index (χ0n) is 9.54. The minimum atomic E-state index is -0.418. The van der Waals surface area contributed by atoms with Gasteiger partial charge in [-0.2, -0.15) is 11.8 Å². The maximum atomic E-state index is 11.2. The van der Waals surface area contributed by atoms with E-state index in [0.717, 1.165) is 18.1 Å². The lowest BCUT2D eigenvalue weighted by atomic mass is 10.2. The van der Waals surface area contributed by atoms with Crippen LogP contribution in [-0.4, -0.2) is 42.5 Å². The zero-order valence-corrected chi connectivity index (χ0v) is 10.4. The minimum absolute atomic E-state index is 0.342. The lowest BCUT2D eigenvalue weighted by Crippen LogP contribution is -2.33. The number of carbonyl (C=O) groups excluding carboxylic acids is 1. The molecular weight excluding hydrogens is 214 g/mol. The molecule has 88 valence electrons. The zero-order chi connectivity index (χ0) is 11.3. The van der Waals surface area contributed by atoms with Crippen molar-refractivity contribution in [2.24, 2.45) is 0 Å². The van der Waals surface area contributed by atoms with E-state index in [4.69, 9.17) is 9.47 Å². The van der Waals surface area contributed by atoms with Gasteiger partial charge in [-0.1, -0.05) is 0 Å². The van der Waals surface area contributed by atoms with Crippen molar-refractivity contribution in [3.8, 4) is 0 Å². The molecule has 4 nitrogen and oxygen atoms in total. The maximum absolute atomic E-state index is 11.2. The second kappa shape index (κ2) is 5.61. The van der Waals surface area contributed by atoms with Crippen LogP contribution in [0.3, 0.4) is 0 Å². The number of alkyl carbamates (subject to hydrolysis) is 1. The molecule has 5 heteroatoms. The molecule has 1 atom stereocenters. The van der Waals surface area contributed by atoms with Crippen LogP contribution >= 0.6 is 11.8 Å². The van der Waals surface area contributed by atoms with Gasteiger partial charge in [0.1, 0.15) is 5.60 Å². The first-order valence-electron chi connectivity index (χ1n) is 5.13. The monoisotopic (exact) mass is 233 g/mol. The quantitative estimate of drug-likeness (QED) is 0.579. The van der Waals surface area contributed by atoms with Crippen LogP contribution in [0.25, 0.3) is 0 Å². The molecule has 1 amide bonds. The van der Waals surface area contributed by atoms with Crippen LogP contribution in [0.1, 0.15) is 20.8 Å². The van der Waals surface area contributed by atoms with Crippen LogP contribution in [0.5, 0.6) is 0 Å². The van der Waals surface area contributed by atoms with Crippen LogP contribution in [0.2, 0.25) is 0 Å². The molecule has 1 rings (SSSR count). The Morgan fingerprint density at radius 2 is 2.27 bits per heavy atom. The van der Waals surface area contributed by atoms with Crippen LogP contribution in [0.4, 0.5) is 4.79 Å². The SMILES string of the molecule is CC(C)(C)OC(=O)NCCSCC1CO1. The molecule has 1 N–H and O–H groups in total. The Morgan fingerprint density at radius 3 is 2.80 bits per heavy atom. The largest absolute Gasteiger partial charge is 0.444 e. The van der Waals surface area contributed by atoms with Crippen molar-refractivity contribution in [1.29, 1.82) is 0 Å². The topological polar surface area (TPSA) is 50.9 Å². The van der Waals surface area contributed by atoms with Gasteiger partial charge in [-0.15, -0.1) is 0 Å². The summed E-state index contributed by atoms with van der Waals surface area (Å²) in [4.78, 5) is 11.2. The number of amides is 1. The second-order valence-electron chi connectivity index (χ2n) is 4.46. The minimum Gasteiger partial charge on any atom is -0.444 e. The van der Waals surface area contributed by atoms with Gasteiger partial charge in [-0.05, 0) is 20.8 Å². The summed E-state index contributed by atoms with van der Waals surface area (Å²) in [6, 6.07) is 0. The van der Waals surface area contributed by atoms with Crippen molar-refractivity contribution in [2.75, 3.05) is 24.7 Å². The fourth-order valence-corrected chi connectivity index (χ4v) is 1.79. The van der Waals surface area contributed by atoms with Gasteiger partial charge in [-0.3, -0.25) is 0 Å². The summed E-state index contributed by atoms with van der Waals surface area (Å²) in [5.41, 5.74) is -0.418. The third-order valence-electron chi connectivity index (χ3n) is 1.62. The Hall–Kier alpha value is -0.420. The van der Waals surface area contributed by atoms with Gasteiger partial charge >= 0.3 is 6.09 Å². The average molecular weight is 233 g/mol. The Morgan fingerprint density at radius 1 is 1.60 bits per heavy atom. The first-order valence-corrected chi connectivity index (χ1v) is 6.29. The van der Waals surface area contributed by atoms with Gasteiger partial charge in [0.2, 0.25) is 0 Å². The number of carbonyl (C=O) groups is 1. The summed E-state index contributed by atoms with van der Waals surface area (Å²) in [5.74, 6) is 1.93. The lowest BCUT2D eigenvalue weighted by Gasteiger charge is -2.19. The predicted molar refractivity (Wildman–Crippen MR) is 61.3 cm³/mol. The van der Waals surface area contributed by atoms with E-state index in [1.807, 2.05) is 20.8 Å². The van der Waals surface area contributed by atoms with Crippen LogP contribution in [0.15, 0.2) is 0 Å². The van der Waals surface area contributed by atoms with Crippen molar-refractivity contribution in [3.05, 3.63) is 0 Å². The van der Waals surface area contributed by atoms with Gasteiger partial charge in [0, 0.05) is 18.1 Å². The second-order valence-corrected chi connectivity index (χ2v) is 5.61. The lowest BCUT2D eigenvalue weighted by molar-refractivity contribution is 0.0531. The molecule has 1 fully saturated rings. The molecule has 0 aliphatic carbocycles. The van der Waals surface area contributed by atoms with Crippen molar-refractivity contribution in [1.82, 2.24) is 5.32 Å². The van der Waals surface area contributed by atoms with Crippen molar-refractivity contribution < 1.29 is 14.3 Å². The number of ether oxygens (including phenoxy) is 2. The van der Waals surface area contributed by atoms with E-state index < -0.39 is 5.60 Å². The van der Waals surface area contributed by atoms with E-state index in [0.29, 0.717) is 12.6 Å². The highest BCUT2D eigenvalue weighted by Gasteiger charge is 2.21. The molecule has 0 saturated carbocycles. The van der Waals surface area contributed by atoms with Crippen molar-refractivity contribution in [3.63, 3.8) is 0 Å². The molecule has 1 aliphatic heterocycles. The molecule has 0 aromatic rings.